The first kappa shape index (κ1) is 16.9. The molecule has 1 heteroatoms. The molecule has 0 N–H and O–H groups in total. The van der Waals surface area contributed by atoms with Crippen molar-refractivity contribution in [3.63, 3.8) is 0 Å². The van der Waals surface area contributed by atoms with E-state index in [9.17, 15) is 0 Å². The molecule has 0 aromatic heterocycles. The molecule has 22 heavy (non-hydrogen) atoms. The maximum atomic E-state index is 2.39. The van der Waals surface area contributed by atoms with E-state index in [1.54, 1.807) is 0 Å². The van der Waals surface area contributed by atoms with E-state index in [0.717, 1.165) is 0 Å². The van der Waals surface area contributed by atoms with E-state index in [2.05, 4.69) is 68.4 Å². The van der Waals surface area contributed by atoms with Gasteiger partial charge in [0.15, 0.2) is 0 Å². The molecule has 0 amide bonds. The van der Waals surface area contributed by atoms with Gasteiger partial charge in [-0.05, 0) is 48.7 Å². The molecule has 0 fully saturated rings. The quantitative estimate of drug-likeness (QED) is 0.535. The van der Waals surface area contributed by atoms with Gasteiger partial charge in [-0.25, -0.2) is 0 Å². The van der Waals surface area contributed by atoms with Crippen LogP contribution in [0.2, 0.25) is 0 Å². The lowest BCUT2D eigenvalue weighted by molar-refractivity contribution is 0.388. The van der Waals surface area contributed by atoms with Crippen LogP contribution in [0.25, 0.3) is 0 Å². The van der Waals surface area contributed by atoms with Crippen LogP contribution in [0.15, 0.2) is 42.6 Å². The van der Waals surface area contributed by atoms with Crippen molar-refractivity contribution in [1.82, 2.24) is 4.90 Å². The smallest absolute Gasteiger partial charge is 0.0723 e. The normalized spacial score (nSPS) is 17.2. The number of aryl methyl sites for hydroxylation is 2. The number of hydrogen-bond donors (Lipinski definition) is 0. The molecule has 0 bridgehead atoms. The standard InChI is InChI=1S/C21H31N/c1-4-5-6-7-8-9-12-19-14-15-20(18(2)17-19)21-13-10-11-16-22(21)3/h10-11,13-17,21H,4-9,12H2,1-3H3. The molecule has 1 nitrogen and oxygen atoms in total. The number of hydrogen-bond acceptors (Lipinski definition) is 1. The molecule has 1 unspecified atom stereocenters. The lowest BCUT2D eigenvalue weighted by Gasteiger charge is -2.28. The molecular formula is C21H31N. The van der Waals surface area contributed by atoms with Crippen LogP contribution in [0.1, 0.15) is 68.2 Å². The number of rotatable bonds is 8. The monoisotopic (exact) mass is 297 g/mol. The van der Waals surface area contributed by atoms with E-state index in [-0.39, 0.29) is 0 Å². The predicted octanol–water partition coefficient (Wildman–Crippen LogP) is 5.95. The van der Waals surface area contributed by atoms with Crippen LogP contribution in [0, 0.1) is 6.92 Å². The average molecular weight is 297 g/mol. The van der Waals surface area contributed by atoms with Gasteiger partial charge in [-0.3, -0.25) is 0 Å². The van der Waals surface area contributed by atoms with Crippen molar-refractivity contribution in [1.29, 1.82) is 0 Å². The highest BCUT2D eigenvalue weighted by atomic mass is 15.1. The zero-order valence-electron chi connectivity index (χ0n) is 14.5. The minimum Gasteiger partial charge on any atom is -0.370 e. The highest BCUT2D eigenvalue weighted by molar-refractivity contribution is 5.37. The molecule has 1 aliphatic heterocycles. The number of benzene rings is 1. The van der Waals surface area contributed by atoms with E-state index in [1.807, 2.05) is 0 Å². The molecule has 1 aliphatic rings. The Morgan fingerprint density at radius 2 is 1.77 bits per heavy atom. The maximum Gasteiger partial charge on any atom is 0.0723 e. The largest absolute Gasteiger partial charge is 0.370 e. The first-order chi connectivity index (χ1) is 10.7. The summed E-state index contributed by atoms with van der Waals surface area (Å²) in [4.78, 5) is 2.27. The van der Waals surface area contributed by atoms with Crippen LogP contribution in [0.5, 0.6) is 0 Å². The second-order valence-corrected chi connectivity index (χ2v) is 6.55. The third-order valence-corrected chi connectivity index (χ3v) is 4.64. The Balaban J connectivity index is 1.87. The van der Waals surface area contributed by atoms with Crippen LogP contribution >= 0.6 is 0 Å². The third-order valence-electron chi connectivity index (χ3n) is 4.64. The summed E-state index contributed by atoms with van der Waals surface area (Å²) in [5, 5.41) is 0. The topological polar surface area (TPSA) is 3.24 Å². The zero-order chi connectivity index (χ0) is 15.8. The van der Waals surface area contributed by atoms with E-state index < -0.39 is 0 Å². The molecule has 0 spiro atoms. The van der Waals surface area contributed by atoms with Crippen LogP contribution in [-0.4, -0.2) is 11.9 Å². The van der Waals surface area contributed by atoms with E-state index in [0.29, 0.717) is 6.04 Å². The summed E-state index contributed by atoms with van der Waals surface area (Å²) in [7, 11) is 2.15. The van der Waals surface area contributed by atoms with E-state index in [4.69, 9.17) is 0 Å². The Morgan fingerprint density at radius 3 is 2.50 bits per heavy atom. The molecule has 2 rings (SSSR count). The highest BCUT2D eigenvalue weighted by Gasteiger charge is 2.15. The molecule has 1 aromatic rings. The molecule has 1 aromatic carbocycles. The minimum absolute atomic E-state index is 0.382. The van der Waals surface area contributed by atoms with Crippen LogP contribution in [0.4, 0.5) is 0 Å². The molecular weight excluding hydrogens is 266 g/mol. The first-order valence-electron chi connectivity index (χ1n) is 8.88. The van der Waals surface area contributed by atoms with Gasteiger partial charge in [0.05, 0.1) is 6.04 Å². The number of nitrogens with zero attached hydrogens (tertiary/aromatic N) is 1. The van der Waals surface area contributed by atoms with Gasteiger partial charge in [-0.2, -0.15) is 0 Å². The van der Waals surface area contributed by atoms with Crippen molar-refractivity contribution in [2.24, 2.45) is 0 Å². The van der Waals surface area contributed by atoms with E-state index >= 15 is 0 Å². The zero-order valence-corrected chi connectivity index (χ0v) is 14.5. The number of likely N-dealkylation sites (N-methyl/N-ethyl adjacent to an activating group) is 1. The van der Waals surface area contributed by atoms with Crippen molar-refractivity contribution in [3.05, 3.63) is 59.3 Å². The Morgan fingerprint density at radius 1 is 1.00 bits per heavy atom. The van der Waals surface area contributed by atoms with Gasteiger partial charge in [-0.1, -0.05) is 69.4 Å². The van der Waals surface area contributed by atoms with Gasteiger partial charge >= 0.3 is 0 Å². The average Bonchev–Trinajstić information content (AvgIpc) is 2.52. The van der Waals surface area contributed by atoms with Gasteiger partial charge in [0, 0.05) is 7.05 Å². The second kappa shape index (κ2) is 8.82. The molecule has 1 atom stereocenters. The molecule has 0 radical (unpaired) electrons. The van der Waals surface area contributed by atoms with Gasteiger partial charge in [0.1, 0.15) is 0 Å². The summed E-state index contributed by atoms with van der Waals surface area (Å²) in [5.74, 6) is 0. The second-order valence-electron chi connectivity index (χ2n) is 6.55. The molecule has 0 saturated heterocycles. The van der Waals surface area contributed by atoms with Gasteiger partial charge in [0.2, 0.25) is 0 Å². The van der Waals surface area contributed by atoms with Crippen molar-refractivity contribution in [3.8, 4) is 0 Å². The lowest BCUT2D eigenvalue weighted by Crippen LogP contribution is -2.19. The van der Waals surface area contributed by atoms with Crippen molar-refractivity contribution >= 4 is 0 Å². The van der Waals surface area contributed by atoms with Crippen molar-refractivity contribution in [2.75, 3.05) is 7.05 Å². The fourth-order valence-corrected chi connectivity index (χ4v) is 3.24. The molecule has 120 valence electrons. The van der Waals surface area contributed by atoms with E-state index in [1.165, 1.54) is 61.6 Å². The Labute approximate surface area is 136 Å². The SMILES string of the molecule is CCCCCCCCc1ccc(C2C=CC=CN2C)c(C)c1. The summed E-state index contributed by atoms with van der Waals surface area (Å²) in [5.41, 5.74) is 4.34. The van der Waals surface area contributed by atoms with Gasteiger partial charge < -0.3 is 4.90 Å². The van der Waals surface area contributed by atoms with Crippen molar-refractivity contribution < 1.29 is 0 Å². The Hall–Kier alpha value is -1.50. The summed E-state index contributed by atoms with van der Waals surface area (Å²) in [6, 6.07) is 7.43. The highest BCUT2D eigenvalue weighted by Crippen LogP contribution is 2.27. The first-order valence-corrected chi connectivity index (χ1v) is 8.88. The van der Waals surface area contributed by atoms with Crippen molar-refractivity contribution in [2.45, 2.75) is 64.8 Å². The summed E-state index contributed by atoms with van der Waals surface area (Å²) in [6.45, 7) is 4.53. The molecule has 1 heterocycles. The fourth-order valence-electron chi connectivity index (χ4n) is 3.24. The summed E-state index contributed by atoms with van der Waals surface area (Å²) < 4.78 is 0. The third kappa shape index (κ3) is 4.76. The Bertz CT molecular complexity index is 513. The lowest BCUT2D eigenvalue weighted by atomic mass is 9.95. The predicted molar refractivity (Wildman–Crippen MR) is 97.0 cm³/mol. The van der Waals surface area contributed by atoms with Crippen LogP contribution < -0.4 is 0 Å². The number of unbranched alkanes of at least 4 members (excludes halogenated alkanes) is 5. The Kier molecular flexibility index (Phi) is 6.76. The molecule has 0 aliphatic carbocycles. The van der Waals surface area contributed by atoms with Gasteiger partial charge in [0.25, 0.3) is 0 Å². The summed E-state index contributed by atoms with van der Waals surface area (Å²) in [6.07, 6.45) is 18.1. The van der Waals surface area contributed by atoms with Gasteiger partial charge in [-0.15, -0.1) is 0 Å². The number of allylic oxidation sites excluding steroid dienone is 2. The fraction of sp³-hybridized carbons (Fsp3) is 0.524. The van der Waals surface area contributed by atoms with Crippen LogP contribution in [0.3, 0.4) is 0 Å². The minimum atomic E-state index is 0.382. The maximum absolute atomic E-state index is 2.39. The van der Waals surface area contributed by atoms with Crippen LogP contribution in [-0.2, 0) is 6.42 Å². The summed E-state index contributed by atoms with van der Waals surface area (Å²) >= 11 is 0. The molecule has 0 saturated carbocycles.